The summed E-state index contributed by atoms with van der Waals surface area (Å²) in [5, 5.41) is 3.28. The maximum Gasteiger partial charge on any atom is 0.232 e. The maximum absolute atomic E-state index is 13.2. The summed E-state index contributed by atoms with van der Waals surface area (Å²) >= 11 is 0. The van der Waals surface area contributed by atoms with E-state index in [2.05, 4.69) is 20.2 Å². The minimum Gasteiger partial charge on any atom is -0.352 e. The molecule has 0 bridgehead atoms. The Bertz CT molecular complexity index is 839. The summed E-state index contributed by atoms with van der Waals surface area (Å²) in [4.78, 5) is 24.0. The van der Waals surface area contributed by atoms with E-state index >= 15 is 0 Å². The van der Waals surface area contributed by atoms with Gasteiger partial charge in [0.05, 0.1) is 5.92 Å². The van der Waals surface area contributed by atoms with Crippen molar-refractivity contribution in [3.63, 3.8) is 0 Å². The second kappa shape index (κ2) is 8.65. The van der Waals surface area contributed by atoms with Crippen LogP contribution in [0.25, 0.3) is 0 Å². The topological polar surface area (TPSA) is 58.1 Å². The van der Waals surface area contributed by atoms with Crippen LogP contribution in [-0.2, 0) is 4.79 Å². The lowest BCUT2D eigenvalue weighted by atomic mass is 9.90. The average molecular weight is 372 g/mol. The molecule has 1 amide bonds. The van der Waals surface area contributed by atoms with Gasteiger partial charge in [-0.3, -0.25) is 4.79 Å². The molecule has 2 heterocycles. The van der Waals surface area contributed by atoms with Gasteiger partial charge < -0.3 is 10.2 Å². The monoisotopic (exact) mass is 372 g/mol. The predicted octanol–water partition coefficient (Wildman–Crippen LogP) is 3.39. The molecule has 5 nitrogen and oxygen atoms in total. The lowest BCUT2D eigenvalue weighted by molar-refractivity contribution is -0.122. The van der Waals surface area contributed by atoms with Gasteiger partial charge in [0.1, 0.15) is 0 Å². The van der Waals surface area contributed by atoms with Crippen molar-refractivity contribution in [1.29, 1.82) is 0 Å². The maximum atomic E-state index is 13.2. The number of hydrogen-bond donors (Lipinski definition) is 1. The van der Waals surface area contributed by atoms with Crippen molar-refractivity contribution in [3.8, 4) is 0 Å². The number of nitrogens with zero attached hydrogens (tertiary/aromatic N) is 3. The van der Waals surface area contributed by atoms with Gasteiger partial charge in [-0.2, -0.15) is 0 Å². The Morgan fingerprint density at radius 1 is 0.857 bits per heavy atom. The number of rotatable bonds is 5. The fourth-order valence-electron chi connectivity index (χ4n) is 3.75. The lowest BCUT2D eigenvalue weighted by Gasteiger charge is -2.33. The number of amides is 1. The third-order valence-corrected chi connectivity index (χ3v) is 5.20. The molecule has 0 radical (unpaired) electrons. The molecule has 1 aliphatic rings. The highest BCUT2D eigenvalue weighted by atomic mass is 16.1. The molecule has 3 aromatic rings. The average Bonchev–Trinajstić information content (AvgIpc) is 2.77. The number of piperidine rings is 1. The van der Waals surface area contributed by atoms with Crippen molar-refractivity contribution in [2.45, 2.75) is 24.8 Å². The second-order valence-corrected chi connectivity index (χ2v) is 7.07. The number of benzene rings is 2. The number of nitrogens with one attached hydrogen (secondary N) is 1. The summed E-state index contributed by atoms with van der Waals surface area (Å²) in [6, 6.07) is 22.0. The first kappa shape index (κ1) is 18.2. The molecule has 0 atom stereocenters. The summed E-state index contributed by atoms with van der Waals surface area (Å²) in [7, 11) is 0. The summed E-state index contributed by atoms with van der Waals surface area (Å²) in [6.07, 6.45) is 5.31. The summed E-state index contributed by atoms with van der Waals surface area (Å²) < 4.78 is 0. The Morgan fingerprint density at radius 2 is 1.39 bits per heavy atom. The zero-order chi connectivity index (χ0) is 19.2. The van der Waals surface area contributed by atoms with Crippen LogP contribution >= 0.6 is 0 Å². The minimum absolute atomic E-state index is 0.0619. The van der Waals surface area contributed by atoms with Crippen molar-refractivity contribution >= 4 is 11.9 Å². The van der Waals surface area contributed by atoms with E-state index in [0.717, 1.165) is 43.0 Å². The van der Waals surface area contributed by atoms with Crippen LogP contribution < -0.4 is 10.2 Å². The molecule has 1 saturated heterocycles. The van der Waals surface area contributed by atoms with Gasteiger partial charge in [-0.15, -0.1) is 0 Å². The fourth-order valence-corrected chi connectivity index (χ4v) is 3.75. The number of aromatic nitrogens is 2. The molecule has 2 aromatic carbocycles. The number of anilines is 1. The van der Waals surface area contributed by atoms with Crippen LogP contribution in [0.15, 0.2) is 79.1 Å². The molecule has 0 spiro atoms. The smallest absolute Gasteiger partial charge is 0.232 e. The SMILES string of the molecule is O=C(NC1CCN(c2ncccn2)CC1)C(c1ccccc1)c1ccccc1. The molecule has 1 fully saturated rings. The van der Waals surface area contributed by atoms with E-state index < -0.39 is 0 Å². The van der Waals surface area contributed by atoms with Crippen LogP contribution in [0.1, 0.15) is 29.9 Å². The van der Waals surface area contributed by atoms with Gasteiger partial charge in [0, 0.05) is 31.5 Å². The van der Waals surface area contributed by atoms with E-state index in [1.54, 1.807) is 12.4 Å². The van der Waals surface area contributed by atoms with Crippen LogP contribution in [-0.4, -0.2) is 35.0 Å². The highest BCUT2D eigenvalue weighted by Crippen LogP contribution is 2.25. The van der Waals surface area contributed by atoms with Gasteiger partial charge in [0.2, 0.25) is 11.9 Å². The van der Waals surface area contributed by atoms with Crippen molar-refractivity contribution in [2.24, 2.45) is 0 Å². The number of carbonyl (C=O) groups excluding carboxylic acids is 1. The van der Waals surface area contributed by atoms with Crippen LogP contribution in [0.4, 0.5) is 5.95 Å². The van der Waals surface area contributed by atoms with Gasteiger partial charge in [0.25, 0.3) is 0 Å². The molecule has 142 valence electrons. The van der Waals surface area contributed by atoms with E-state index in [1.807, 2.05) is 66.7 Å². The molecule has 28 heavy (non-hydrogen) atoms. The molecule has 1 N–H and O–H groups in total. The fraction of sp³-hybridized carbons (Fsp3) is 0.261. The number of hydrogen-bond acceptors (Lipinski definition) is 4. The van der Waals surface area contributed by atoms with Crippen molar-refractivity contribution in [2.75, 3.05) is 18.0 Å². The van der Waals surface area contributed by atoms with E-state index in [1.165, 1.54) is 0 Å². The van der Waals surface area contributed by atoms with Gasteiger partial charge >= 0.3 is 0 Å². The Hall–Kier alpha value is -3.21. The Kier molecular flexibility index (Phi) is 5.61. The molecule has 4 rings (SSSR count). The quantitative estimate of drug-likeness (QED) is 0.746. The zero-order valence-electron chi connectivity index (χ0n) is 15.7. The van der Waals surface area contributed by atoms with E-state index in [4.69, 9.17) is 0 Å². The molecule has 1 aromatic heterocycles. The molecule has 0 unspecified atom stereocenters. The van der Waals surface area contributed by atoms with Gasteiger partial charge in [-0.05, 0) is 30.0 Å². The van der Waals surface area contributed by atoms with Crippen LogP contribution in [0.2, 0.25) is 0 Å². The molecule has 0 aliphatic carbocycles. The first-order chi connectivity index (χ1) is 13.8. The van der Waals surface area contributed by atoms with Crippen molar-refractivity contribution in [3.05, 3.63) is 90.3 Å². The van der Waals surface area contributed by atoms with Crippen molar-refractivity contribution < 1.29 is 4.79 Å². The third kappa shape index (κ3) is 4.19. The third-order valence-electron chi connectivity index (χ3n) is 5.20. The standard InChI is InChI=1S/C23H24N4O/c28-22(21(18-8-3-1-4-9-18)19-10-5-2-6-11-19)26-20-12-16-27(17-13-20)23-24-14-7-15-25-23/h1-11,14-15,20-21H,12-13,16-17H2,(H,26,28). The second-order valence-electron chi connectivity index (χ2n) is 7.07. The molecular formula is C23H24N4O. The van der Waals surface area contributed by atoms with Crippen LogP contribution in [0, 0.1) is 0 Å². The van der Waals surface area contributed by atoms with Crippen molar-refractivity contribution in [1.82, 2.24) is 15.3 Å². The predicted molar refractivity (Wildman–Crippen MR) is 110 cm³/mol. The Balaban J connectivity index is 1.44. The first-order valence-corrected chi connectivity index (χ1v) is 9.73. The summed E-state index contributed by atoms with van der Waals surface area (Å²) in [6.45, 7) is 1.69. The van der Waals surface area contributed by atoms with Gasteiger partial charge in [-0.25, -0.2) is 9.97 Å². The van der Waals surface area contributed by atoms with Crippen LogP contribution in [0.5, 0.6) is 0 Å². The summed E-state index contributed by atoms with van der Waals surface area (Å²) in [5.74, 6) is 0.531. The van der Waals surface area contributed by atoms with Crippen LogP contribution in [0.3, 0.4) is 0 Å². The normalized spacial score (nSPS) is 14.8. The van der Waals surface area contributed by atoms with E-state index in [9.17, 15) is 4.79 Å². The Labute approximate surface area is 165 Å². The van der Waals surface area contributed by atoms with E-state index in [0.29, 0.717) is 0 Å². The largest absolute Gasteiger partial charge is 0.352 e. The lowest BCUT2D eigenvalue weighted by Crippen LogP contribution is -2.46. The highest BCUT2D eigenvalue weighted by molar-refractivity contribution is 5.87. The number of carbonyl (C=O) groups is 1. The first-order valence-electron chi connectivity index (χ1n) is 9.73. The van der Waals surface area contributed by atoms with Gasteiger partial charge in [0.15, 0.2) is 0 Å². The highest BCUT2D eigenvalue weighted by Gasteiger charge is 2.27. The zero-order valence-corrected chi connectivity index (χ0v) is 15.7. The Morgan fingerprint density at radius 3 is 1.93 bits per heavy atom. The molecule has 0 saturated carbocycles. The summed E-state index contributed by atoms with van der Waals surface area (Å²) in [5.41, 5.74) is 2.03. The molecular weight excluding hydrogens is 348 g/mol. The van der Waals surface area contributed by atoms with E-state index in [-0.39, 0.29) is 17.9 Å². The van der Waals surface area contributed by atoms with Gasteiger partial charge in [-0.1, -0.05) is 60.7 Å². The molecule has 5 heteroatoms. The minimum atomic E-state index is -0.294. The molecule has 1 aliphatic heterocycles.